The van der Waals surface area contributed by atoms with Crippen LogP contribution in [0.3, 0.4) is 0 Å². The topological polar surface area (TPSA) is 62.1 Å². The van der Waals surface area contributed by atoms with Gasteiger partial charge in [0.15, 0.2) is 0 Å². The third-order valence-electron chi connectivity index (χ3n) is 1.39. The minimum absolute atomic E-state index is 0.496. The van der Waals surface area contributed by atoms with Crippen molar-refractivity contribution in [1.29, 1.82) is 0 Å². The van der Waals surface area contributed by atoms with Gasteiger partial charge in [0, 0.05) is 7.11 Å². The summed E-state index contributed by atoms with van der Waals surface area (Å²) in [5.74, 6) is 0. The van der Waals surface area contributed by atoms with E-state index >= 15 is 0 Å². The van der Waals surface area contributed by atoms with Crippen LogP contribution in [0.25, 0.3) is 0 Å². The summed E-state index contributed by atoms with van der Waals surface area (Å²) in [6.07, 6.45) is 0. The first-order valence-corrected chi connectivity index (χ1v) is 4.31. The number of nitrogens with zero attached hydrogens (tertiary/aromatic N) is 4. The molecule has 0 amide bonds. The lowest BCUT2D eigenvalue weighted by Gasteiger charge is -2.02. The van der Waals surface area contributed by atoms with Crippen molar-refractivity contribution in [1.82, 2.24) is 20.2 Å². The Labute approximate surface area is 81.6 Å². The fourth-order valence-electron chi connectivity index (χ4n) is 0.740. The molecule has 74 valence electrons. The molecule has 0 saturated carbocycles. The molecule has 0 aliphatic rings. The quantitative estimate of drug-likeness (QED) is 0.506. The number of hydrogen-bond donors (Lipinski definition) is 1. The predicted molar refractivity (Wildman–Crippen MR) is 47.8 cm³/mol. The third-order valence-corrected chi connectivity index (χ3v) is 1.71. The van der Waals surface area contributed by atoms with Gasteiger partial charge in [-0.25, -0.2) is 4.68 Å². The Hall–Kier alpha value is -0.660. The van der Waals surface area contributed by atoms with Gasteiger partial charge in [-0.2, -0.15) is 0 Å². The van der Waals surface area contributed by atoms with Crippen molar-refractivity contribution >= 4 is 12.6 Å². The second-order valence-electron chi connectivity index (χ2n) is 2.31. The molecular formula is C6H12N4O2S. The zero-order valence-corrected chi connectivity index (χ0v) is 8.28. The van der Waals surface area contributed by atoms with E-state index in [0.717, 1.165) is 0 Å². The summed E-state index contributed by atoms with van der Waals surface area (Å²) in [6.45, 7) is 2.35. The average molecular weight is 204 g/mol. The summed E-state index contributed by atoms with van der Waals surface area (Å²) in [5, 5.41) is 11.3. The van der Waals surface area contributed by atoms with Gasteiger partial charge >= 0.3 is 0 Å². The fourth-order valence-corrected chi connectivity index (χ4v) is 0.920. The largest absolute Gasteiger partial charge is 0.382 e. The molecular weight excluding hydrogens is 192 g/mol. The Bertz CT molecular complexity index is 242. The first-order valence-electron chi connectivity index (χ1n) is 3.86. The van der Waals surface area contributed by atoms with Crippen LogP contribution in [-0.2, 0) is 16.0 Å². The van der Waals surface area contributed by atoms with Crippen molar-refractivity contribution in [3.05, 3.63) is 0 Å². The van der Waals surface area contributed by atoms with Crippen molar-refractivity contribution in [2.45, 2.75) is 11.7 Å². The van der Waals surface area contributed by atoms with Crippen LogP contribution in [0.4, 0.5) is 0 Å². The Morgan fingerprint density at radius 1 is 1.38 bits per heavy atom. The highest BCUT2D eigenvalue weighted by Crippen LogP contribution is 1.96. The Morgan fingerprint density at radius 2 is 2.23 bits per heavy atom. The van der Waals surface area contributed by atoms with Gasteiger partial charge in [-0.1, -0.05) is 0 Å². The number of ether oxygens (including phenoxy) is 2. The molecule has 0 aliphatic carbocycles. The third kappa shape index (κ3) is 3.71. The molecule has 0 bridgehead atoms. The van der Waals surface area contributed by atoms with E-state index in [-0.39, 0.29) is 0 Å². The van der Waals surface area contributed by atoms with Crippen LogP contribution in [0, 0.1) is 0 Å². The molecule has 0 aromatic carbocycles. The highest BCUT2D eigenvalue weighted by molar-refractivity contribution is 7.80. The number of methoxy groups -OCH3 is 1. The molecule has 1 heterocycles. The fraction of sp³-hybridized carbons (Fsp3) is 0.833. The first-order chi connectivity index (χ1) is 6.34. The number of tetrazole rings is 1. The molecule has 1 aromatic rings. The molecule has 0 radical (unpaired) electrons. The molecule has 1 aromatic heterocycles. The van der Waals surface area contributed by atoms with E-state index in [1.54, 1.807) is 11.8 Å². The summed E-state index contributed by atoms with van der Waals surface area (Å²) >= 11 is 4.04. The number of hydrogen-bond acceptors (Lipinski definition) is 6. The molecule has 1 rings (SSSR count). The van der Waals surface area contributed by atoms with Crippen LogP contribution in [0.5, 0.6) is 0 Å². The van der Waals surface area contributed by atoms with Gasteiger partial charge in [-0.3, -0.25) is 0 Å². The van der Waals surface area contributed by atoms with Crippen molar-refractivity contribution < 1.29 is 9.47 Å². The van der Waals surface area contributed by atoms with E-state index in [4.69, 9.17) is 9.47 Å². The van der Waals surface area contributed by atoms with E-state index in [2.05, 4.69) is 28.2 Å². The predicted octanol–water partition coefficient (Wildman–Crippen LogP) is -0.375. The zero-order chi connectivity index (χ0) is 9.52. The van der Waals surface area contributed by atoms with Crippen LogP contribution < -0.4 is 0 Å². The van der Waals surface area contributed by atoms with Crippen molar-refractivity contribution in [3.63, 3.8) is 0 Å². The van der Waals surface area contributed by atoms with Crippen LogP contribution in [0.1, 0.15) is 0 Å². The van der Waals surface area contributed by atoms with Crippen molar-refractivity contribution in [2.24, 2.45) is 0 Å². The summed E-state index contributed by atoms with van der Waals surface area (Å²) in [6, 6.07) is 0. The summed E-state index contributed by atoms with van der Waals surface area (Å²) in [7, 11) is 1.64. The van der Waals surface area contributed by atoms with Crippen LogP contribution >= 0.6 is 12.6 Å². The van der Waals surface area contributed by atoms with E-state index in [1.165, 1.54) is 0 Å². The van der Waals surface area contributed by atoms with Crippen LogP contribution in [-0.4, -0.2) is 47.1 Å². The van der Waals surface area contributed by atoms with Crippen LogP contribution in [0.2, 0.25) is 0 Å². The maximum absolute atomic E-state index is 5.23. The molecule has 7 heteroatoms. The second-order valence-corrected chi connectivity index (χ2v) is 2.71. The molecule has 0 spiro atoms. The Morgan fingerprint density at radius 3 is 2.85 bits per heavy atom. The number of rotatable bonds is 6. The van der Waals surface area contributed by atoms with Gasteiger partial charge in [-0.05, 0) is 10.4 Å². The van der Waals surface area contributed by atoms with Gasteiger partial charge in [0.25, 0.3) is 0 Å². The second kappa shape index (κ2) is 5.90. The van der Waals surface area contributed by atoms with E-state index in [9.17, 15) is 0 Å². The Kier molecular flexibility index (Phi) is 4.73. The molecule has 13 heavy (non-hydrogen) atoms. The summed E-state index contributed by atoms with van der Waals surface area (Å²) < 4.78 is 11.6. The standard InChI is InChI=1S/C6H12N4O2S/c1-11-4-5-12-3-2-10-6(13)7-8-9-10/h2-5H2,1H3,(H,7,9,13). The average Bonchev–Trinajstić information content (AvgIpc) is 2.52. The van der Waals surface area contributed by atoms with Gasteiger partial charge in [0.05, 0.1) is 26.4 Å². The molecule has 0 saturated heterocycles. The van der Waals surface area contributed by atoms with E-state index < -0.39 is 0 Å². The SMILES string of the molecule is COCCOCCn1nnnc1S. The smallest absolute Gasteiger partial charge is 0.206 e. The lowest BCUT2D eigenvalue weighted by Crippen LogP contribution is -2.10. The summed E-state index contributed by atoms with van der Waals surface area (Å²) in [5.41, 5.74) is 0. The van der Waals surface area contributed by atoms with Gasteiger partial charge in [-0.15, -0.1) is 17.7 Å². The molecule has 0 N–H and O–H groups in total. The lowest BCUT2D eigenvalue weighted by atomic mass is 10.7. The maximum Gasteiger partial charge on any atom is 0.206 e. The highest BCUT2D eigenvalue weighted by atomic mass is 32.1. The van der Waals surface area contributed by atoms with E-state index in [0.29, 0.717) is 31.5 Å². The summed E-state index contributed by atoms with van der Waals surface area (Å²) in [4.78, 5) is 0. The van der Waals surface area contributed by atoms with Crippen LogP contribution in [0.15, 0.2) is 5.16 Å². The Balaban J connectivity index is 2.10. The van der Waals surface area contributed by atoms with Crippen molar-refractivity contribution in [3.8, 4) is 0 Å². The number of aromatic nitrogens is 4. The monoisotopic (exact) mass is 204 g/mol. The molecule has 0 fully saturated rings. The lowest BCUT2D eigenvalue weighted by molar-refractivity contribution is 0.0643. The van der Waals surface area contributed by atoms with Gasteiger partial charge in [0.1, 0.15) is 0 Å². The number of thiol groups is 1. The molecule has 6 nitrogen and oxygen atoms in total. The minimum Gasteiger partial charge on any atom is -0.382 e. The van der Waals surface area contributed by atoms with Crippen molar-refractivity contribution in [2.75, 3.05) is 26.9 Å². The molecule has 0 aliphatic heterocycles. The highest BCUT2D eigenvalue weighted by Gasteiger charge is 1.99. The van der Waals surface area contributed by atoms with Gasteiger partial charge < -0.3 is 9.47 Å². The normalized spacial score (nSPS) is 10.6. The zero-order valence-electron chi connectivity index (χ0n) is 7.38. The minimum atomic E-state index is 0.496. The maximum atomic E-state index is 5.23. The van der Waals surface area contributed by atoms with Gasteiger partial charge in [0.2, 0.25) is 5.16 Å². The van der Waals surface area contributed by atoms with E-state index in [1.807, 2.05) is 0 Å². The first kappa shape index (κ1) is 10.4. The molecule has 0 atom stereocenters. The molecule has 0 unspecified atom stereocenters.